The molecule has 4 aromatic rings. The SMILES string of the molecule is CC(C)(C)c1ccc(Oc2nc3ccccn3c(=O)c2C=C(C#N)S(=O)(=O)c2ccccc2)cc1. The Morgan fingerprint density at radius 3 is 2.29 bits per heavy atom. The summed E-state index contributed by atoms with van der Waals surface area (Å²) in [5, 5.41) is 9.71. The average Bonchev–Trinajstić information content (AvgIpc) is 2.84. The van der Waals surface area contributed by atoms with Crippen LogP contribution >= 0.6 is 0 Å². The molecule has 0 saturated carbocycles. The molecule has 0 aliphatic heterocycles. The second-order valence-electron chi connectivity index (χ2n) is 8.88. The largest absolute Gasteiger partial charge is 0.438 e. The number of nitriles is 1. The van der Waals surface area contributed by atoms with Gasteiger partial charge in [-0.1, -0.05) is 57.2 Å². The molecule has 2 heterocycles. The summed E-state index contributed by atoms with van der Waals surface area (Å²) < 4.78 is 33.4. The Morgan fingerprint density at radius 2 is 1.66 bits per heavy atom. The van der Waals surface area contributed by atoms with Gasteiger partial charge in [-0.15, -0.1) is 0 Å². The summed E-state index contributed by atoms with van der Waals surface area (Å²) in [6, 6.07) is 21.7. The lowest BCUT2D eigenvalue weighted by atomic mass is 9.87. The Labute approximate surface area is 203 Å². The first-order chi connectivity index (χ1) is 16.6. The molecule has 2 aromatic carbocycles. The number of nitrogens with zero attached hydrogens (tertiary/aromatic N) is 3. The number of pyridine rings is 1. The normalized spacial score (nSPS) is 12.3. The molecule has 0 atom stereocenters. The van der Waals surface area contributed by atoms with Gasteiger partial charge in [-0.3, -0.25) is 9.20 Å². The summed E-state index contributed by atoms with van der Waals surface area (Å²) in [7, 11) is -4.16. The number of hydrogen-bond acceptors (Lipinski definition) is 6. The fourth-order valence-electron chi connectivity index (χ4n) is 3.45. The van der Waals surface area contributed by atoms with Crippen molar-refractivity contribution in [3.05, 3.63) is 105 Å². The van der Waals surface area contributed by atoms with Crippen LogP contribution in [0.25, 0.3) is 11.7 Å². The van der Waals surface area contributed by atoms with Gasteiger partial charge in [0.15, 0.2) is 0 Å². The smallest absolute Gasteiger partial charge is 0.269 e. The van der Waals surface area contributed by atoms with Gasteiger partial charge in [-0.05, 0) is 53.5 Å². The van der Waals surface area contributed by atoms with Crippen LogP contribution in [0.4, 0.5) is 0 Å². The van der Waals surface area contributed by atoms with Crippen LogP contribution < -0.4 is 10.3 Å². The van der Waals surface area contributed by atoms with Crippen molar-refractivity contribution in [2.75, 3.05) is 0 Å². The second kappa shape index (κ2) is 9.20. The van der Waals surface area contributed by atoms with Gasteiger partial charge in [-0.2, -0.15) is 10.2 Å². The summed E-state index contributed by atoms with van der Waals surface area (Å²) in [6.07, 6.45) is 2.54. The van der Waals surface area contributed by atoms with Gasteiger partial charge >= 0.3 is 0 Å². The predicted molar refractivity (Wildman–Crippen MR) is 134 cm³/mol. The molecule has 0 radical (unpaired) electrons. The van der Waals surface area contributed by atoms with Crippen molar-refractivity contribution in [2.45, 2.75) is 31.1 Å². The first-order valence-corrected chi connectivity index (χ1v) is 12.3. The Kier molecular flexibility index (Phi) is 6.29. The molecule has 0 bridgehead atoms. The topological polar surface area (TPSA) is 102 Å². The molecule has 0 spiro atoms. The Bertz CT molecular complexity index is 1620. The van der Waals surface area contributed by atoms with Crippen LogP contribution in [0.3, 0.4) is 0 Å². The number of fused-ring (bicyclic) bond motifs is 1. The van der Waals surface area contributed by atoms with Crippen molar-refractivity contribution in [3.8, 4) is 17.7 Å². The standard InChI is InChI=1S/C27H23N3O4S/c1-27(2,3)19-12-14-20(15-13-19)34-25-23(26(31)30-16-8-7-11-24(30)29-25)17-22(18-28)35(32,33)21-9-5-4-6-10-21/h4-17H,1-3H3. The van der Waals surface area contributed by atoms with Gasteiger partial charge in [0.05, 0.1) is 4.90 Å². The Balaban J connectivity index is 1.88. The monoisotopic (exact) mass is 485 g/mol. The predicted octanol–water partition coefficient (Wildman–Crippen LogP) is 5.12. The third kappa shape index (κ3) is 4.86. The zero-order chi connectivity index (χ0) is 25.2. The Hall–Kier alpha value is -4.22. The lowest BCUT2D eigenvalue weighted by molar-refractivity contribution is 0.460. The molecule has 0 fully saturated rings. The van der Waals surface area contributed by atoms with Crippen LogP contribution in [0.1, 0.15) is 31.9 Å². The highest BCUT2D eigenvalue weighted by atomic mass is 32.2. The molecule has 7 nitrogen and oxygen atoms in total. The number of benzene rings is 2. The van der Waals surface area contributed by atoms with Gasteiger partial charge in [0.2, 0.25) is 15.7 Å². The number of rotatable bonds is 5. The van der Waals surface area contributed by atoms with Gasteiger partial charge in [-0.25, -0.2) is 8.42 Å². The maximum absolute atomic E-state index is 13.3. The van der Waals surface area contributed by atoms with E-state index in [9.17, 15) is 18.5 Å². The van der Waals surface area contributed by atoms with Gasteiger partial charge in [0.25, 0.3) is 5.56 Å². The van der Waals surface area contributed by atoms with Crippen LogP contribution in [0.15, 0.2) is 93.6 Å². The van der Waals surface area contributed by atoms with E-state index in [0.29, 0.717) is 11.4 Å². The van der Waals surface area contributed by atoms with Gasteiger partial charge in [0, 0.05) is 6.20 Å². The zero-order valence-electron chi connectivity index (χ0n) is 19.5. The van der Waals surface area contributed by atoms with Crippen LogP contribution in [-0.4, -0.2) is 17.8 Å². The molecule has 2 aromatic heterocycles. The first kappa shape index (κ1) is 23.9. The van der Waals surface area contributed by atoms with E-state index in [1.807, 2.05) is 12.1 Å². The summed E-state index contributed by atoms with van der Waals surface area (Å²) in [6.45, 7) is 6.27. The molecule has 0 aliphatic carbocycles. The maximum Gasteiger partial charge on any atom is 0.269 e. The van der Waals surface area contributed by atoms with Crippen molar-refractivity contribution in [1.82, 2.24) is 9.38 Å². The van der Waals surface area contributed by atoms with Crippen molar-refractivity contribution in [3.63, 3.8) is 0 Å². The number of hydrogen-bond donors (Lipinski definition) is 0. The summed E-state index contributed by atoms with van der Waals surface area (Å²) in [4.78, 5) is 17.1. The number of ether oxygens (including phenoxy) is 1. The van der Waals surface area contributed by atoms with E-state index >= 15 is 0 Å². The first-order valence-electron chi connectivity index (χ1n) is 10.8. The fraction of sp³-hybridized carbons (Fsp3) is 0.148. The summed E-state index contributed by atoms with van der Waals surface area (Å²) in [5.74, 6) is 0.324. The lowest BCUT2D eigenvalue weighted by Crippen LogP contribution is -2.19. The van der Waals surface area contributed by atoms with E-state index in [4.69, 9.17) is 4.74 Å². The van der Waals surface area contributed by atoms with E-state index in [-0.39, 0.29) is 21.8 Å². The lowest BCUT2D eigenvalue weighted by Gasteiger charge is -2.19. The number of allylic oxidation sites excluding steroid dienone is 1. The molecule has 8 heteroatoms. The molecular formula is C27H23N3O4S. The van der Waals surface area contributed by atoms with Crippen LogP contribution in [-0.2, 0) is 15.3 Å². The zero-order valence-corrected chi connectivity index (χ0v) is 20.3. The third-order valence-electron chi connectivity index (χ3n) is 5.40. The highest BCUT2D eigenvalue weighted by molar-refractivity contribution is 7.95. The quantitative estimate of drug-likeness (QED) is 0.364. The molecule has 0 unspecified atom stereocenters. The molecule has 4 rings (SSSR count). The molecule has 0 amide bonds. The van der Waals surface area contributed by atoms with Crippen molar-refractivity contribution >= 4 is 21.6 Å². The molecule has 0 saturated heterocycles. The molecule has 0 N–H and O–H groups in total. The highest BCUT2D eigenvalue weighted by Crippen LogP contribution is 2.29. The van der Waals surface area contributed by atoms with Gasteiger partial charge in [0.1, 0.15) is 27.9 Å². The van der Waals surface area contributed by atoms with Crippen molar-refractivity contribution in [2.24, 2.45) is 0 Å². The van der Waals surface area contributed by atoms with Crippen LogP contribution in [0.2, 0.25) is 0 Å². The summed E-state index contributed by atoms with van der Waals surface area (Å²) >= 11 is 0. The van der Waals surface area contributed by atoms with Crippen molar-refractivity contribution in [1.29, 1.82) is 5.26 Å². The molecular weight excluding hydrogens is 462 g/mol. The average molecular weight is 486 g/mol. The third-order valence-corrected chi connectivity index (χ3v) is 7.08. The molecule has 35 heavy (non-hydrogen) atoms. The van der Waals surface area contributed by atoms with Crippen LogP contribution in [0.5, 0.6) is 11.6 Å². The van der Waals surface area contributed by atoms with E-state index < -0.39 is 20.3 Å². The van der Waals surface area contributed by atoms with Crippen molar-refractivity contribution < 1.29 is 13.2 Å². The van der Waals surface area contributed by atoms with E-state index in [1.54, 1.807) is 54.6 Å². The van der Waals surface area contributed by atoms with E-state index in [2.05, 4.69) is 25.8 Å². The fourth-order valence-corrected chi connectivity index (χ4v) is 4.61. The number of aromatic nitrogens is 2. The van der Waals surface area contributed by atoms with E-state index in [1.165, 1.54) is 22.7 Å². The highest BCUT2D eigenvalue weighted by Gasteiger charge is 2.23. The minimum absolute atomic E-state index is 0.0538. The summed E-state index contributed by atoms with van der Waals surface area (Å²) in [5.41, 5.74) is 0.648. The minimum Gasteiger partial charge on any atom is -0.438 e. The maximum atomic E-state index is 13.3. The molecule has 176 valence electrons. The minimum atomic E-state index is -4.16. The Morgan fingerprint density at radius 1 is 1.00 bits per heavy atom. The van der Waals surface area contributed by atoms with Gasteiger partial charge < -0.3 is 4.74 Å². The second-order valence-corrected chi connectivity index (χ2v) is 10.8. The van der Waals surface area contributed by atoms with E-state index in [0.717, 1.165) is 11.6 Å². The van der Waals surface area contributed by atoms with Crippen LogP contribution in [0, 0.1) is 11.3 Å². The number of sulfone groups is 1. The molecule has 0 aliphatic rings.